The first-order valence-electron chi connectivity index (χ1n) is 5.89. The van der Waals surface area contributed by atoms with Gasteiger partial charge in [-0.3, -0.25) is 4.79 Å². The van der Waals surface area contributed by atoms with Crippen LogP contribution in [0.15, 0.2) is 22.6 Å². The topological polar surface area (TPSA) is 89.3 Å². The molecule has 2 aromatic rings. The number of aromatic nitrogens is 1. The molecule has 1 unspecified atom stereocenters. The van der Waals surface area contributed by atoms with Crippen molar-refractivity contribution >= 4 is 17.1 Å². The summed E-state index contributed by atoms with van der Waals surface area (Å²) in [5.74, 6) is -0.223. The van der Waals surface area contributed by atoms with Crippen LogP contribution in [0.1, 0.15) is 30.3 Å². The summed E-state index contributed by atoms with van der Waals surface area (Å²) in [5.41, 5.74) is 7.51. The Bertz CT molecular complexity index is 628. The Kier molecular flexibility index (Phi) is 2.22. The normalized spacial score (nSPS) is 18.8. The molecule has 1 atom stereocenters. The van der Waals surface area contributed by atoms with Crippen molar-refractivity contribution in [2.24, 2.45) is 11.1 Å². The number of aliphatic carboxylic acids is 1. The Morgan fingerprint density at radius 1 is 1.56 bits per heavy atom. The molecule has 0 aliphatic heterocycles. The summed E-state index contributed by atoms with van der Waals surface area (Å²) >= 11 is 0. The molecule has 3 N–H and O–H groups in total. The average molecular weight is 246 g/mol. The lowest BCUT2D eigenvalue weighted by Crippen LogP contribution is -2.29. The van der Waals surface area contributed by atoms with Gasteiger partial charge in [-0.1, -0.05) is 6.07 Å². The molecule has 0 amide bonds. The van der Waals surface area contributed by atoms with Gasteiger partial charge < -0.3 is 15.3 Å². The number of aryl methyl sites for hydroxylation is 1. The highest BCUT2D eigenvalue weighted by molar-refractivity contribution is 5.80. The molecule has 5 nitrogen and oxygen atoms in total. The predicted octanol–water partition coefficient (Wildman–Crippen LogP) is 2.00. The second-order valence-electron chi connectivity index (χ2n) is 4.90. The van der Waals surface area contributed by atoms with Crippen molar-refractivity contribution in [3.05, 3.63) is 29.7 Å². The number of rotatable bonds is 3. The van der Waals surface area contributed by atoms with Crippen LogP contribution in [0.5, 0.6) is 0 Å². The van der Waals surface area contributed by atoms with Crippen LogP contribution >= 0.6 is 0 Å². The van der Waals surface area contributed by atoms with Gasteiger partial charge in [0.1, 0.15) is 5.52 Å². The lowest BCUT2D eigenvalue weighted by molar-refractivity contribution is -0.144. The zero-order valence-electron chi connectivity index (χ0n) is 10.0. The summed E-state index contributed by atoms with van der Waals surface area (Å²) in [4.78, 5) is 15.5. The largest absolute Gasteiger partial charge is 0.481 e. The molecule has 1 fully saturated rings. The summed E-state index contributed by atoms with van der Waals surface area (Å²) in [6.45, 7) is 1.78. The number of nitrogens with zero attached hydrogens (tertiary/aromatic N) is 1. The van der Waals surface area contributed by atoms with Crippen LogP contribution in [0.4, 0.5) is 0 Å². The Hall–Kier alpha value is -1.88. The number of carbonyl (C=O) groups is 1. The van der Waals surface area contributed by atoms with Gasteiger partial charge in [-0.05, 0) is 30.5 Å². The monoisotopic (exact) mass is 246 g/mol. The summed E-state index contributed by atoms with van der Waals surface area (Å²) in [7, 11) is 0. The van der Waals surface area contributed by atoms with E-state index in [-0.39, 0.29) is 0 Å². The summed E-state index contributed by atoms with van der Waals surface area (Å²) in [6.07, 6.45) is 1.27. The molecule has 1 aliphatic rings. The average Bonchev–Trinajstić information content (AvgIpc) is 3.05. The number of hydrogen-bond acceptors (Lipinski definition) is 4. The number of hydrogen-bond donors (Lipinski definition) is 2. The van der Waals surface area contributed by atoms with Gasteiger partial charge >= 0.3 is 5.97 Å². The van der Waals surface area contributed by atoms with Gasteiger partial charge in [0, 0.05) is 13.0 Å². The highest BCUT2D eigenvalue weighted by Gasteiger charge is 2.55. The SMILES string of the molecule is Cc1nc2ccc(C(N)C3(C(=O)O)CC3)cc2o1. The maximum absolute atomic E-state index is 11.3. The van der Waals surface area contributed by atoms with E-state index in [1.54, 1.807) is 13.0 Å². The van der Waals surface area contributed by atoms with Crippen LogP contribution in [0.2, 0.25) is 0 Å². The van der Waals surface area contributed by atoms with E-state index in [9.17, 15) is 9.90 Å². The van der Waals surface area contributed by atoms with Crippen LogP contribution in [0, 0.1) is 12.3 Å². The van der Waals surface area contributed by atoms with Crippen LogP contribution in [-0.2, 0) is 4.79 Å². The van der Waals surface area contributed by atoms with Gasteiger partial charge in [-0.25, -0.2) is 4.98 Å². The number of fused-ring (bicyclic) bond motifs is 1. The summed E-state index contributed by atoms with van der Waals surface area (Å²) in [6, 6.07) is 4.95. The molecule has 0 radical (unpaired) electrons. The van der Waals surface area contributed by atoms with Gasteiger partial charge in [0.15, 0.2) is 11.5 Å². The zero-order valence-corrected chi connectivity index (χ0v) is 10.0. The minimum absolute atomic E-state index is 0.496. The third kappa shape index (κ3) is 1.51. The highest BCUT2D eigenvalue weighted by Crippen LogP contribution is 2.54. The van der Waals surface area contributed by atoms with Crippen LogP contribution in [-0.4, -0.2) is 16.1 Å². The smallest absolute Gasteiger partial charge is 0.311 e. The third-order valence-corrected chi connectivity index (χ3v) is 3.69. The second kappa shape index (κ2) is 3.55. The van der Waals surface area contributed by atoms with E-state index in [0.717, 1.165) is 11.1 Å². The lowest BCUT2D eigenvalue weighted by atomic mass is 9.91. The Morgan fingerprint density at radius 3 is 2.89 bits per heavy atom. The zero-order chi connectivity index (χ0) is 12.9. The maximum atomic E-state index is 11.3. The minimum Gasteiger partial charge on any atom is -0.481 e. The van der Waals surface area contributed by atoms with Crippen LogP contribution < -0.4 is 5.73 Å². The quantitative estimate of drug-likeness (QED) is 0.864. The molecule has 0 spiro atoms. The predicted molar refractivity (Wildman–Crippen MR) is 65.0 cm³/mol. The number of carboxylic acid groups (broad SMARTS) is 1. The molecule has 0 bridgehead atoms. The van der Waals surface area contributed by atoms with Crippen molar-refractivity contribution in [2.45, 2.75) is 25.8 Å². The Labute approximate surface area is 104 Å². The molecule has 94 valence electrons. The van der Waals surface area contributed by atoms with Crippen LogP contribution in [0.3, 0.4) is 0 Å². The standard InChI is InChI=1S/C13H14N2O3/c1-7-15-9-3-2-8(6-10(9)18-7)11(14)13(4-5-13)12(16)17/h2-3,6,11H,4-5,14H2,1H3,(H,16,17). The van der Waals surface area contributed by atoms with Crippen molar-refractivity contribution in [1.82, 2.24) is 4.98 Å². The van der Waals surface area contributed by atoms with E-state index < -0.39 is 17.4 Å². The molecule has 0 saturated heterocycles. The fourth-order valence-corrected chi connectivity index (χ4v) is 2.36. The maximum Gasteiger partial charge on any atom is 0.311 e. The molecule has 1 saturated carbocycles. The molecule has 1 aliphatic carbocycles. The fraction of sp³-hybridized carbons (Fsp3) is 0.385. The van der Waals surface area contributed by atoms with Crippen molar-refractivity contribution in [3.63, 3.8) is 0 Å². The van der Waals surface area contributed by atoms with Gasteiger partial charge in [0.05, 0.1) is 5.41 Å². The molecule has 1 aromatic carbocycles. The second-order valence-corrected chi connectivity index (χ2v) is 4.90. The molecular weight excluding hydrogens is 232 g/mol. The van der Waals surface area contributed by atoms with Crippen molar-refractivity contribution in [3.8, 4) is 0 Å². The molecular formula is C13H14N2O3. The first-order valence-corrected chi connectivity index (χ1v) is 5.89. The Morgan fingerprint density at radius 2 is 2.28 bits per heavy atom. The number of carboxylic acids is 1. The minimum atomic E-state index is -0.816. The first kappa shape index (κ1) is 11.2. The van der Waals surface area contributed by atoms with E-state index in [1.807, 2.05) is 12.1 Å². The molecule has 3 rings (SSSR count). The molecule has 18 heavy (non-hydrogen) atoms. The first-order chi connectivity index (χ1) is 8.53. The highest BCUT2D eigenvalue weighted by atomic mass is 16.4. The number of nitrogens with two attached hydrogens (primary N) is 1. The van der Waals surface area contributed by atoms with Gasteiger partial charge in [-0.2, -0.15) is 0 Å². The van der Waals surface area contributed by atoms with Crippen molar-refractivity contribution in [1.29, 1.82) is 0 Å². The summed E-state index contributed by atoms with van der Waals surface area (Å²) < 4.78 is 5.44. The van der Waals surface area contributed by atoms with E-state index in [2.05, 4.69) is 4.98 Å². The van der Waals surface area contributed by atoms with Crippen molar-refractivity contribution in [2.75, 3.05) is 0 Å². The van der Waals surface area contributed by atoms with Gasteiger partial charge in [-0.15, -0.1) is 0 Å². The molecule has 1 heterocycles. The number of benzene rings is 1. The van der Waals surface area contributed by atoms with E-state index in [1.165, 1.54) is 0 Å². The molecule has 1 aromatic heterocycles. The van der Waals surface area contributed by atoms with Gasteiger partial charge in [0.25, 0.3) is 0 Å². The summed E-state index contributed by atoms with van der Waals surface area (Å²) in [5, 5.41) is 9.24. The number of oxazole rings is 1. The lowest BCUT2D eigenvalue weighted by Gasteiger charge is -2.19. The molecule has 5 heteroatoms. The van der Waals surface area contributed by atoms with E-state index in [0.29, 0.717) is 24.3 Å². The van der Waals surface area contributed by atoms with E-state index >= 15 is 0 Å². The van der Waals surface area contributed by atoms with Crippen LogP contribution in [0.25, 0.3) is 11.1 Å². The Balaban J connectivity index is 2.01. The van der Waals surface area contributed by atoms with E-state index in [4.69, 9.17) is 10.2 Å². The van der Waals surface area contributed by atoms with Gasteiger partial charge in [0.2, 0.25) is 0 Å². The fourth-order valence-electron chi connectivity index (χ4n) is 2.36. The van der Waals surface area contributed by atoms with Crippen molar-refractivity contribution < 1.29 is 14.3 Å². The third-order valence-electron chi connectivity index (χ3n) is 3.69.